The zero-order chi connectivity index (χ0) is 18.2. The number of carboxylic acid groups (broad SMARTS) is 3. The van der Waals surface area contributed by atoms with E-state index in [9.17, 15) is 19.2 Å². The predicted molar refractivity (Wildman–Crippen MR) is 83.6 cm³/mol. The number of hydrogen-bond donors (Lipinski definition) is 5. The Balaban J connectivity index is 4.62. The molecule has 0 heterocycles. The van der Waals surface area contributed by atoms with Crippen LogP contribution in [0.25, 0.3) is 0 Å². The Kier molecular flexibility index (Phi) is 8.44. The standard InChI is InChI=1S/C13H22N2O7S/c1-13(2,3)23-6-8(11(20)21)15-12(22)14-7(10(18)19)4-5-9(16)17/h7-8H,4-6H2,1-3H3,(H,16,17)(H,18,19)(H,20,21)(H2,14,15,22)/t7-,8-/m0/s1. The van der Waals surface area contributed by atoms with Gasteiger partial charge in [0, 0.05) is 16.9 Å². The first-order chi connectivity index (χ1) is 10.4. The second-order valence-corrected chi connectivity index (χ2v) is 7.60. The van der Waals surface area contributed by atoms with E-state index in [1.807, 2.05) is 20.8 Å². The van der Waals surface area contributed by atoms with Gasteiger partial charge in [-0.2, -0.15) is 11.8 Å². The van der Waals surface area contributed by atoms with Gasteiger partial charge in [-0.3, -0.25) is 4.79 Å². The second-order valence-electron chi connectivity index (χ2n) is 5.76. The van der Waals surface area contributed by atoms with E-state index in [1.165, 1.54) is 11.8 Å². The highest BCUT2D eigenvalue weighted by Crippen LogP contribution is 2.23. The number of thioether (sulfide) groups is 1. The molecule has 0 radical (unpaired) electrons. The van der Waals surface area contributed by atoms with Gasteiger partial charge in [0.05, 0.1) is 0 Å². The van der Waals surface area contributed by atoms with Crippen LogP contribution in [-0.2, 0) is 14.4 Å². The zero-order valence-corrected chi connectivity index (χ0v) is 14.0. The van der Waals surface area contributed by atoms with Crippen molar-refractivity contribution in [1.29, 1.82) is 0 Å². The molecular weight excluding hydrogens is 328 g/mol. The van der Waals surface area contributed by atoms with Gasteiger partial charge in [0.1, 0.15) is 12.1 Å². The van der Waals surface area contributed by atoms with Gasteiger partial charge < -0.3 is 26.0 Å². The summed E-state index contributed by atoms with van der Waals surface area (Å²) < 4.78 is -0.197. The average molecular weight is 350 g/mol. The second kappa shape index (κ2) is 9.23. The van der Waals surface area contributed by atoms with E-state index < -0.39 is 42.4 Å². The maximum atomic E-state index is 11.7. The molecule has 132 valence electrons. The fourth-order valence-electron chi connectivity index (χ4n) is 1.39. The summed E-state index contributed by atoms with van der Waals surface area (Å²) in [6, 6.07) is -3.56. The lowest BCUT2D eigenvalue weighted by molar-refractivity contribution is -0.140. The molecule has 0 bridgehead atoms. The molecule has 0 aliphatic heterocycles. The highest BCUT2D eigenvalue weighted by Gasteiger charge is 2.26. The van der Waals surface area contributed by atoms with Gasteiger partial charge in [-0.1, -0.05) is 20.8 Å². The minimum absolute atomic E-state index is 0.110. The van der Waals surface area contributed by atoms with Crippen LogP contribution in [0.5, 0.6) is 0 Å². The number of nitrogens with one attached hydrogen (secondary N) is 2. The molecule has 10 heteroatoms. The maximum Gasteiger partial charge on any atom is 0.327 e. The number of urea groups is 1. The largest absolute Gasteiger partial charge is 0.481 e. The normalized spacial score (nSPS) is 13.7. The molecule has 0 aliphatic carbocycles. The summed E-state index contributed by atoms with van der Waals surface area (Å²) in [5.74, 6) is -3.71. The van der Waals surface area contributed by atoms with Crippen molar-refractivity contribution < 1.29 is 34.5 Å². The van der Waals surface area contributed by atoms with E-state index in [0.29, 0.717) is 0 Å². The zero-order valence-electron chi connectivity index (χ0n) is 13.2. The van der Waals surface area contributed by atoms with E-state index >= 15 is 0 Å². The molecule has 2 atom stereocenters. The first-order valence-corrected chi connectivity index (χ1v) is 7.79. The SMILES string of the molecule is CC(C)(C)SC[C@H](NC(=O)N[C@@H](CCC(=O)O)C(=O)O)C(=O)O. The van der Waals surface area contributed by atoms with Crippen LogP contribution in [0.4, 0.5) is 4.79 Å². The first kappa shape index (κ1) is 21.0. The molecule has 0 saturated carbocycles. The number of carboxylic acids is 3. The third-order valence-electron chi connectivity index (χ3n) is 2.54. The van der Waals surface area contributed by atoms with Crippen LogP contribution in [0.15, 0.2) is 0 Å². The van der Waals surface area contributed by atoms with Crippen LogP contribution in [0.2, 0.25) is 0 Å². The Morgan fingerprint density at radius 3 is 1.83 bits per heavy atom. The molecule has 0 aromatic rings. The molecule has 0 rings (SSSR count). The summed E-state index contributed by atoms with van der Waals surface area (Å²) in [6.07, 6.45) is -0.730. The molecule has 0 unspecified atom stereocenters. The van der Waals surface area contributed by atoms with E-state index in [4.69, 9.17) is 15.3 Å². The van der Waals surface area contributed by atoms with E-state index in [1.54, 1.807) is 0 Å². The van der Waals surface area contributed by atoms with Crippen LogP contribution < -0.4 is 10.6 Å². The van der Waals surface area contributed by atoms with Gasteiger partial charge in [-0.05, 0) is 6.42 Å². The first-order valence-electron chi connectivity index (χ1n) is 6.80. The lowest BCUT2D eigenvalue weighted by atomic mass is 10.1. The van der Waals surface area contributed by atoms with Gasteiger partial charge in [0.15, 0.2) is 0 Å². The fraction of sp³-hybridized carbons (Fsp3) is 0.692. The molecule has 5 N–H and O–H groups in total. The van der Waals surface area contributed by atoms with Crippen LogP contribution in [0.3, 0.4) is 0 Å². The maximum absolute atomic E-state index is 11.7. The molecular formula is C13H22N2O7S. The summed E-state index contributed by atoms with van der Waals surface area (Å²) in [5.41, 5.74) is 0. The Labute approximate surface area is 137 Å². The van der Waals surface area contributed by atoms with Crippen molar-refractivity contribution in [1.82, 2.24) is 10.6 Å². The molecule has 23 heavy (non-hydrogen) atoms. The molecule has 0 fully saturated rings. The molecule has 0 aromatic carbocycles. The number of carbonyl (C=O) groups is 4. The predicted octanol–water partition coefficient (Wildman–Crippen LogP) is 0.589. The molecule has 0 aliphatic rings. The van der Waals surface area contributed by atoms with Crippen molar-refractivity contribution in [3.63, 3.8) is 0 Å². The van der Waals surface area contributed by atoms with Gasteiger partial charge in [0.25, 0.3) is 0 Å². The van der Waals surface area contributed by atoms with Crippen LogP contribution in [0, 0.1) is 0 Å². The minimum atomic E-state index is -1.41. The quantitative estimate of drug-likeness (QED) is 0.405. The summed E-state index contributed by atoms with van der Waals surface area (Å²) in [6.45, 7) is 5.68. The number of hydrogen-bond acceptors (Lipinski definition) is 5. The lowest BCUT2D eigenvalue weighted by Crippen LogP contribution is -2.52. The summed E-state index contributed by atoms with van der Waals surface area (Å²) in [7, 11) is 0. The van der Waals surface area contributed by atoms with Crippen LogP contribution in [-0.4, -0.2) is 61.8 Å². The third kappa shape index (κ3) is 10.4. The molecule has 2 amide bonds. The highest BCUT2D eigenvalue weighted by molar-refractivity contribution is 8.00. The smallest absolute Gasteiger partial charge is 0.327 e. The van der Waals surface area contributed by atoms with Gasteiger partial charge >= 0.3 is 23.9 Å². The van der Waals surface area contributed by atoms with Gasteiger partial charge in [-0.15, -0.1) is 0 Å². The monoisotopic (exact) mass is 350 g/mol. The minimum Gasteiger partial charge on any atom is -0.481 e. The fourth-order valence-corrected chi connectivity index (χ4v) is 2.28. The number of aliphatic carboxylic acids is 3. The Morgan fingerprint density at radius 1 is 0.957 bits per heavy atom. The van der Waals surface area contributed by atoms with E-state index in [-0.39, 0.29) is 16.9 Å². The molecule has 9 nitrogen and oxygen atoms in total. The summed E-state index contributed by atoms with van der Waals surface area (Å²) >= 11 is 1.33. The van der Waals surface area contributed by atoms with Crippen molar-refractivity contribution >= 4 is 35.7 Å². The van der Waals surface area contributed by atoms with Crippen molar-refractivity contribution in [2.75, 3.05) is 5.75 Å². The molecule has 0 saturated heterocycles. The Hall–Kier alpha value is -1.97. The average Bonchev–Trinajstić information content (AvgIpc) is 2.37. The Morgan fingerprint density at radius 2 is 1.43 bits per heavy atom. The molecule has 0 aromatic heterocycles. The lowest BCUT2D eigenvalue weighted by Gasteiger charge is -2.22. The number of carbonyl (C=O) groups excluding carboxylic acids is 1. The van der Waals surface area contributed by atoms with Crippen LogP contribution >= 0.6 is 11.8 Å². The van der Waals surface area contributed by atoms with E-state index in [2.05, 4.69) is 10.6 Å². The third-order valence-corrected chi connectivity index (χ3v) is 3.90. The van der Waals surface area contributed by atoms with Gasteiger partial charge in [-0.25, -0.2) is 14.4 Å². The number of rotatable bonds is 9. The molecule has 0 spiro atoms. The van der Waals surface area contributed by atoms with E-state index in [0.717, 1.165) is 0 Å². The van der Waals surface area contributed by atoms with Crippen molar-refractivity contribution in [3.8, 4) is 0 Å². The van der Waals surface area contributed by atoms with Crippen molar-refractivity contribution in [2.45, 2.75) is 50.4 Å². The van der Waals surface area contributed by atoms with Crippen LogP contribution in [0.1, 0.15) is 33.6 Å². The highest BCUT2D eigenvalue weighted by atomic mass is 32.2. The van der Waals surface area contributed by atoms with Crippen molar-refractivity contribution in [3.05, 3.63) is 0 Å². The Bertz CT molecular complexity index is 462. The summed E-state index contributed by atoms with van der Waals surface area (Å²) in [4.78, 5) is 44.3. The number of amides is 2. The summed E-state index contributed by atoms with van der Waals surface area (Å²) in [5, 5.41) is 30.8. The van der Waals surface area contributed by atoms with Gasteiger partial charge in [0.2, 0.25) is 0 Å². The topological polar surface area (TPSA) is 153 Å². The van der Waals surface area contributed by atoms with Crippen molar-refractivity contribution in [2.24, 2.45) is 0 Å².